The Kier molecular flexibility index (Phi) is 6.96. The van der Waals surface area contributed by atoms with E-state index in [0.717, 1.165) is 11.8 Å². The molecule has 0 amide bonds. The second kappa shape index (κ2) is 9.04. The van der Waals surface area contributed by atoms with E-state index in [0.29, 0.717) is 12.7 Å². The lowest BCUT2D eigenvalue weighted by molar-refractivity contribution is 0.247. The number of alkyl halides is 1. The zero-order valence-corrected chi connectivity index (χ0v) is 19.2. The Morgan fingerprint density at radius 3 is 1.93 bits per heavy atom. The van der Waals surface area contributed by atoms with E-state index in [-0.39, 0.29) is 11.1 Å². The van der Waals surface area contributed by atoms with Crippen LogP contribution in [0.2, 0.25) is 5.04 Å². The standard InChI is InChI=1S/C23H31BrO2Si/c1-23(2,3)27(19-12-6-4-7-13-19,20-14-8-5-9-15-20)25-18-22-21(26-22)16-10-11-17-24/h4-9,12-15,21-22H,10-11,16-18H2,1-3H3/t21-,22-/m1/s1. The van der Waals surface area contributed by atoms with Crippen LogP contribution in [0.1, 0.15) is 40.0 Å². The van der Waals surface area contributed by atoms with Gasteiger partial charge in [0.05, 0.1) is 12.7 Å². The van der Waals surface area contributed by atoms with Gasteiger partial charge in [-0.2, -0.15) is 0 Å². The average Bonchev–Trinajstić information content (AvgIpc) is 3.41. The van der Waals surface area contributed by atoms with Crippen LogP contribution in [0, 0.1) is 0 Å². The molecule has 0 radical (unpaired) electrons. The van der Waals surface area contributed by atoms with Crippen molar-refractivity contribution in [2.24, 2.45) is 0 Å². The summed E-state index contributed by atoms with van der Waals surface area (Å²) in [5.41, 5.74) is 0. The molecule has 2 nitrogen and oxygen atoms in total. The Labute approximate surface area is 173 Å². The summed E-state index contributed by atoms with van der Waals surface area (Å²) in [4.78, 5) is 0. The Morgan fingerprint density at radius 2 is 1.44 bits per heavy atom. The lowest BCUT2D eigenvalue weighted by atomic mass is 10.2. The van der Waals surface area contributed by atoms with Crippen LogP contribution >= 0.6 is 15.9 Å². The highest BCUT2D eigenvalue weighted by Gasteiger charge is 2.51. The van der Waals surface area contributed by atoms with Crippen LogP contribution < -0.4 is 10.4 Å². The molecule has 0 aromatic heterocycles. The van der Waals surface area contributed by atoms with Crippen LogP contribution in [-0.2, 0) is 9.16 Å². The number of hydrogen-bond donors (Lipinski definition) is 0. The normalized spacial score (nSPS) is 19.9. The second-order valence-corrected chi connectivity index (χ2v) is 13.5. The first kappa shape index (κ1) is 20.8. The topological polar surface area (TPSA) is 21.8 Å². The summed E-state index contributed by atoms with van der Waals surface area (Å²) in [7, 11) is -2.43. The monoisotopic (exact) mass is 446 g/mol. The first-order valence-electron chi connectivity index (χ1n) is 9.95. The van der Waals surface area contributed by atoms with Crippen molar-refractivity contribution in [2.45, 2.75) is 57.3 Å². The van der Waals surface area contributed by atoms with Gasteiger partial charge >= 0.3 is 0 Å². The molecule has 0 spiro atoms. The molecule has 0 aliphatic carbocycles. The van der Waals surface area contributed by atoms with Crippen LogP contribution in [0.25, 0.3) is 0 Å². The molecule has 146 valence electrons. The van der Waals surface area contributed by atoms with Crippen molar-refractivity contribution in [3.63, 3.8) is 0 Å². The lowest BCUT2D eigenvalue weighted by Gasteiger charge is -2.43. The number of epoxide rings is 1. The second-order valence-electron chi connectivity index (χ2n) is 8.37. The molecule has 1 fully saturated rings. The fraction of sp³-hybridized carbons (Fsp3) is 0.478. The van der Waals surface area contributed by atoms with Crippen molar-refractivity contribution in [3.05, 3.63) is 60.7 Å². The molecule has 2 aromatic rings. The number of benzene rings is 2. The third-order valence-electron chi connectivity index (χ3n) is 5.44. The van der Waals surface area contributed by atoms with E-state index in [1.165, 1.54) is 23.2 Å². The van der Waals surface area contributed by atoms with Crippen molar-refractivity contribution < 1.29 is 9.16 Å². The van der Waals surface area contributed by atoms with E-state index in [1.54, 1.807) is 0 Å². The predicted octanol–water partition coefficient (Wildman–Crippen LogP) is 4.90. The minimum Gasteiger partial charge on any atom is -0.405 e. The molecule has 0 bridgehead atoms. The van der Waals surface area contributed by atoms with Gasteiger partial charge in [0.1, 0.15) is 6.10 Å². The summed E-state index contributed by atoms with van der Waals surface area (Å²) >= 11 is 3.51. The number of ether oxygens (including phenoxy) is 1. The highest BCUT2D eigenvalue weighted by Crippen LogP contribution is 2.38. The van der Waals surface area contributed by atoms with E-state index < -0.39 is 8.32 Å². The molecule has 1 saturated heterocycles. The molecule has 27 heavy (non-hydrogen) atoms. The van der Waals surface area contributed by atoms with Crippen LogP contribution in [0.15, 0.2) is 60.7 Å². The molecule has 2 aromatic carbocycles. The molecular formula is C23H31BrO2Si. The summed E-state index contributed by atoms with van der Waals surface area (Å²) in [5.74, 6) is 0. The van der Waals surface area contributed by atoms with Crippen LogP contribution in [0.5, 0.6) is 0 Å². The summed E-state index contributed by atoms with van der Waals surface area (Å²) in [6.07, 6.45) is 4.19. The van der Waals surface area contributed by atoms with E-state index in [9.17, 15) is 0 Å². The summed E-state index contributed by atoms with van der Waals surface area (Å²) in [6.45, 7) is 7.65. The van der Waals surface area contributed by atoms with Gasteiger partial charge in [-0.3, -0.25) is 0 Å². The summed E-state index contributed by atoms with van der Waals surface area (Å²) in [6, 6.07) is 21.7. The largest absolute Gasteiger partial charge is 0.405 e. The van der Waals surface area contributed by atoms with Gasteiger partial charge in [0.25, 0.3) is 8.32 Å². The minimum atomic E-state index is -2.43. The number of hydrogen-bond acceptors (Lipinski definition) is 2. The number of unbranched alkanes of at least 4 members (excludes halogenated alkanes) is 1. The number of halogens is 1. The Hall–Kier alpha value is -0.943. The zero-order valence-electron chi connectivity index (χ0n) is 16.7. The van der Waals surface area contributed by atoms with Crippen LogP contribution in [0.3, 0.4) is 0 Å². The maximum Gasteiger partial charge on any atom is 0.261 e. The van der Waals surface area contributed by atoms with Gasteiger partial charge in [0.15, 0.2) is 0 Å². The summed E-state index contributed by atoms with van der Waals surface area (Å²) < 4.78 is 12.9. The number of rotatable bonds is 9. The maximum atomic E-state index is 6.93. The third-order valence-corrected chi connectivity index (χ3v) is 11.0. The van der Waals surface area contributed by atoms with Crippen molar-refractivity contribution >= 4 is 34.6 Å². The molecule has 1 heterocycles. The van der Waals surface area contributed by atoms with Gasteiger partial charge in [-0.25, -0.2) is 0 Å². The van der Waals surface area contributed by atoms with E-state index in [1.807, 2.05) is 0 Å². The molecule has 0 N–H and O–H groups in total. The SMILES string of the molecule is CC(C)(C)[Si](OC[C@H]1O[C@@H]1CCCCBr)(c1ccccc1)c1ccccc1. The average molecular weight is 447 g/mol. The fourth-order valence-electron chi connectivity index (χ4n) is 3.99. The Bertz CT molecular complexity index is 660. The van der Waals surface area contributed by atoms with Crippen molar-refractivity contribution in [1.29, 1.82) is 0 Å². The quantitative estimate of drug-likeness (QED) is 0.236. The Morgan fingerprint density at radius 1 is 0.889 bits per heavy atom. The highest BCUT2D eigenvalue weighted by atomic mass is 79.9. The molecule has 3 rings (SSSR count). The van der Waals surface area contributed by atoms with Crippen molar-refractivity contribution in [2.75, 3.05) is 11.9 Å². The molecule has 0 saturated carbocycles. The first-order valence-corrected chi connectivity index (χ1v) is 13.0. The highest BCUT2D eigenvalue weighted by molar-refractivity contribution is 9.09. The van der Waals surface area contributed by atoms with Crippen molar-refractivity contribution in [1.82, 2.24) is 0 Å². The van der Waals surface area contributed by atoms with Crippen LogP contribution in [0.4, 0.5) is 0 Å². The first-order chi connectivity index (χ1) is 13.0. The van der Waals surface area contributed by atoms with E-state index in [2.05, 4.69) is 97.4 Å². The molecule has 2 atom stereocenters. The van der Waals surface area contributed by atoms with Gasteiger partial charge < -0.3 is 9.16 Å². The third kappa shape index (κ3) is 4.73. The zero-order chi connectivity index (χ0) is 19.3. The van der Waals surface area contributed by atoms with E-state index >= 15 is 0 Å². The van der Waals surface area contributed by atoms with Gasteiger partial charge in [-0.05, 0) is 34.7 Å². The molecule has 1 aliphatic heterocycles. The molecule has 4 heteroatoms. The van der Waals surface area contributed by atoms with E-state index in [4.69, 9.17) is 9.16 Å². The van der Waals surface area contributed by atoms with Crippen LogP contribution in [-0.4, -0.2) is 32.5 Å². The predicted molar refractivity (Wildman–Crippen MR) is 120 cm³/mol. The molecule has 1 aliphatic rings. The molecular weight excluding hydrogens is 416 g/mol. The minimum absolute atomic E-state index is 0.0239. The van der Waals surface area contributed by atoms with Crippen molar-refractivity contribution in [3.8, 4) is 0 Å². The smallest absolute Gasteiger partial charge is 0.261 e. The fourth-order valence-corrected chi connectivity index (χ4v) is 8.95. The molecule has 0 unspecified atom stereocenters. The van der Waals surface area contributed by atoms with Gasteiger partial charge in [0, 0.05) is 5.33 Å². The Balaban J connectivity index is 1.85. The maximum absolute atomic E-state index is 6.93. The summed E-state index contributed by atoms with van der Waals surface area (Å²) in [5, 5.41) is 3.76. The van der Waals surface area contributed by atoms with Gasteiger partial charge in [-0.15, -0.1) is 0 Å². The van der Waals surface area contributed by atoms with Gasteiger partial charge in [-0.1, -0.05) is 97.4 Å². The van der Waals surface area contributed by atoms with Gasteiger partial charge in [0.2, 0.25) is 0 Å². The lowest BCUT2D eigenvalue weighted by Crippen LogP contribution is -2.66.